The van der Waals surface area contributed by atoms with Gasteiger partial charge in [0.05, 0.1) is 19.1 Å². The lowest BCUT2D eigenvalue weighted by molar-refractivity contribution is -0.160. The summed E-state index contributed by atoms with van der Waals surface area (Å²) in [6.45, 7) is 11.1. The van der Waals surface area contributed by atoms with Gasteiger partial charge >= 0.3 is 12.1 Å². The van der Waals surface area contributed by atoms with E-state index in [1.807, 2.05) is 99.6 Å². The Morgan fingerprint density at radius 2 is 1.46 bits per heavy atom. The number of benzene rings is 3. The summed E-state index contributed by atoms with van der Waals surface area (Å²) in [5.74, 6) is -0.201. The molecule has 10 heteroatoms. The predicted octanol–water partition coefficient (Wildman–Crippen LogP) is 6.65. The number of aromatic nitrogens is 1. The van der Waals surface area contributed by atoms with E-state index in [0.29, 0.717) is 11.3 Å². The Hall–Kier alpha value is -5.38. The quantitative estimate of drug-likeness (QED) is 0.167. The van der Waals surface area contributed by atoms with Gasteiger partial charge in [-0.15, -0.1) is 0 Å². The second-order valence-electron chi connectivity index (χ2n) is 13.8. The zero-order valence-corrected chi connectivity index (χ0v) is 30.1. The first-order valence-corrected chi connectivity index (χ1v) is 16.5. The van der Waals surface area contributed by atoms with Crippen LogP contribution in [0.5, 0.6) is 5.75 Å². The van der Waals surface area contributed by atoms with Crippen LogP contribution in [-0.4, -0.2) is 53.2 Å². The average molecular weight is 682 g/mol. The highest BCUT2D eigenvalue weighted by Gasteiger charge is 2.35. The number of ether oxygens (including phenoxy) is 3. The Bertz CT molecular complexity index is 1840. The number of likely N-dealkylation sites (N-methyl/N-ethyl adjacent to an activating group) is 1. The molecule has 0 saturated heterocycles. The van der Waals surface area contributed by atoms with Crippen LogP contribution in [0.15, 0.2) is 95.9 Å². The Morgan fingerprint density at radius 1 is 0.840 bits per heavy atom. The van der Waals surface area contributed by atoms with Crippen molar-refractivity contribution in [3.63, 3.8) is 0 Å². The molecule has 0 aliphatic rings. The summed E-state index contributed by atoms with van der Waals surface area (Å²) in [6.07, 6.45) is 1.10. The number of carbonyl (C=O) groups is 3. The fraction of sp³-hybridized carbons (Fsp3) is 0.350. The van der Waals surface area contributed by atoms with E-state index in [1.165, 1.54) is 16.5 Å². The minimum absolute atomic E-state index is 0.0284. The lowest BCUT2D eigenvalue weighted by Gasteiger charge is -2.29. The molecular weight excluding hydrogens is 634 g/mol. The molecule has 0 saturated carbocycles. The summed E-state index contributed by atoms with van der Waals surface area (Å²) < 4.78 is 18.0. The third-order valence-electron chi connectivity index (χ3n) is 8.41. The highest BCUT2D eigenvalue weighted by molar-refractivity contribution is 5.97. The second kappa shape index (κ2) is 15.9. The number of amides is 2. The minimum Gasteiger partial charge on any atom is -0.497 e. The van der Waals surface area contributed by atoms with Crippen LogP contribution in [0, 0.1) is 6.92 Å². The first kappa shape index (κ1) is 37.4. The number of aryl methyl sites for hydroxylation is 1. The van der Waals surface area contributed by atoms with Crippen molar-refractivity contribution in [2.24, 2.45) is 0 Å². The van der Waals surface area contributed by atoms with E-state index in [-0.39, 0.29) is 36.8 Å². The lowest BCUT2D eigenvalue weighted by Crippen LogP contribution is -2.47. The Kier molecular flexibility index (Phi) is 11.9. The molecule has 264 valence electrons. The van der Waals surface area contributed by atoms with Crippen molar-refractivity contribution >= 4 is 23.7 Å². The van der Waals surface area contributed by atoms with Gasteiger partial charge < -0.3 is 24.1 Å². The molecule has 0 aliphatic heterocycles. The second-order valence-corrected chi connectivity index (χ2v) is 13.8. The Balaban J connectivity index is 1.60. The monoisotopic (exact) mass is 681 g/mol. The zero-order valence-electron chi connectivity index (χ0n) is 30.1. The smallest absolute Gasteiger partial charge is 0.410 e. The van der Waals surface area contributed by atoms with Gasteiger partial charge in [0, 0.05) is 19.7 Å². The number of anilines is 1. The van der Waals surface area contributed by atoms with Crippen LogP contribution >= 0.6 is 0 Å². The summed E-state index contributed by atoms with van der Waals surface area (Å²) in [5.41, 5.74) is 1.93. The number of nitrogens with zero attached hydrogens (tertiary/aromatic N) is 2. The van der Waals surface area contributed by atoms with Gasteiger partial charge in [0.2, 0.25) is 5.91 Å². The molecule has 1 unspecified atom stereocenters. The molecule has 4 rings (SSSR count). The molecular formula is C40H47N3O7. The number of methoxy groups -OCH3 is 1. The molecule has 0 bridgehead atoms. The molecule has 2 amide bonds. The van der Waals surface area contributed by atoms with Gasteiger partial charge in [0.1, 0.15) is 29.7 Å². The highest BCUT2D eigenvalue weighted by atomic mass is 16.6. The van der Waals surface area contributed by atoms with E-state index in [1.54, 1.807) is 40.1 Å². The predicted molar refractivity (Wildman–Crippen MR) is 193 cm³/mol. The van der Waals surface area contributed by atoms with Crippen LogP contribution in [0.3, 0.4) is 0 Å². The lowest BCUT2D eigenvalue weighted by atomic mass is 9.84. The number of rotatable bonds is 12. The molecule has 10 nitrogen and oxygen atoms in total. The maximum Gasteiger partial charge on any atom is 0.410 e. The Morgan fingerprint density at radius 3 is 2.06 bits per heavy atom. The van der Waals surface area contributed by atoms with Crippen LogP contribution in [0.4, 0.5) is 10.5 Å². The van der Waals surface area contributed by atoms with Crippen LogP contribution in [-0.2, 0) is 44.1 Å². The summed E-state index contributed by atoms with van der Waals surface area (Å²) in [6, 6.07) is 24.6. The highest BCUT2D eigenvalue weighted by Crippen LogP contribution is 2.28. The zero-order chi connectivity index (χ0) is 36.6. The van der Waals surface area contributed by atoms with Gasteiger partial charge in [-0.2, -0.15) is 0 Å². The van der Waals surface area contributed by atoms with Crippen molar-refractivity contribution in [2.45, 2.75) is 78.2 Å². The summed E-state index contributed by atoms with van der Waals surface area (Å²) >= 11 is 0. The molecule has 1 heterocycles. The number of nitrogens with one attached hydrogen (secondary N) is 1. The van der Waals surface area contributed by atoms with E-state index in [4.69, 9.17) is 14.2 Å². The van der Waals surface area contributed by atoms with Gasteiger partial charge in [-0.25, -0.2) is 4.79 Å². The largest absolute Gasteiger partial charge is 0.497 e. The number of pyridine rings is 1. The van der Waals surface area contributed by atoms with Gasteiger partial charge in [-0.05, 0) is 87.6 Å². The molecule has 50 heavy (non-hydrogen) atoms. The molecule has 0 aliphatic carbocycles. The van der Waals surface area contributed by atoms with Crippen LogP contribution in [0.2, 0.25) is 0 Å². The number of carbonyl (C=O) groups excluding carboxylic acids is 3. The van der Waals surface area contributed by atoms with Crippen molar-refractivity contribution in [2.75, 3.05) is 19.5 Å². The van der Waals surface area contributed by atoms with E-state index >= 15 is 0 Å². The van der Waals surface area contributed by atoms with Crippen molar-refractivity contribution in [3.05, 3.63) is 129 Å². The van der Waals surface area contributed by atoms with Crippen LogP contribution < -0.4 is 15.6 Å². The van der Waals surface area contributed by atoms with Gasteiger partial charge in [-0.3, -0.25) is 19.3 Å². The standard InChI is InChI=1S/C40H47N3O7/c1-27-22-23-43(25-29-16-20-32(48-8)21-17-29)36(45)34(27)41-35(44)33(42(7)38(47)49-26-30-12-10-9-11-13-30)24-28-14-18-31(19-15-28)40(5,6)37(46)50-39(2,3)4/h9-23,33H,24-26H2,1-8H3,(H,41,44). The summed E-state index contributed by atoms with van der Waals surface area (Å²) in [7, 11) is 3.09. The maximum absolute atomic E-state index is 14.0. The van der Waals surface area contributed by atoms with Gasteiger partial charge in [-0.1, -0.05) is 66.7 Å². The molecule has 4 aromatic rings. The van der Waals surface area contributed by atoms with Crippen molar-refractivity contribution in [1.29, 1.82) is 0 Å². The molecule has 1 aromatic heterocycles. The summed E-state index contributed by atoms with van der Waals surface area (Å²) in [4.78, 5) is 55.2. The fourth-order valence-corrected chi connectivity index (χ4v) is 5.23. The van der Waals surface area contributed by atoms with Crippen LogP contribution in [0.25, 0.3) is 0 Å². The summed E-state index contributed by atoms with van der Waals surface area (Å²) in [5, 5.41) is 2.82. The molecule has 0 radical (unpaired) electrons. The third-order valence-corrected chi connectivity index (χ3v) is 8.41. The van der Waals surface area contributed by atoms with Crippen LogP contribution in [0.1, 0.15) is 62.4 Å². The number of hydrogen-bond donors (Lipinski definition) is 1. The average Bonchev–Trinajstić information content (AvgIpc) is 3.09. The van der Waals surface area contributed by atoms with E-state index < -0.39 is 29.1 Å². The first-order chi connectivity index (χ1) is 23.6. The van der Waals surface area contributed by atoms with E-state index in [9.17, 15) is 19.2 Å². The Labute approximate surface area is 294 Å². The van der Waals surface area contributed by atoms with E-state index in [0.717, 1.165) is 22.3 Å². The number of esters is 1. The SMILES string of the molecule is COc1ccc(Cn2ccc(C)c(NC(=O)C(Cc3ccc(C(C)(C)C(=O)OC(C)(C)C)cc3)N(C)C(=O)OCc3ccccc3)c2=O)cc1. The van der Waals surface area contributed by atoms with Gasteiger partial charge in [0.25, 0.3) is 5.56 Å². The normalized spacial score (nSPS) is 12.1. The molecule has 0 fully saturated rings. The molecule has 3 aromatic carbocycles. The van der Waals surface area contributed by atoms with Crippen molar-refractivity contribution in [3.8, 4) is 5.75 Å². The van der Waals surface area contributed by atoms with Crippen molar-refractivity contribution < 1.29 is 28.6 Å². The molecule has 1 atom stereocenters. The maximum atomic E-state index is 14.0. The molecule has 1 N–H and O–H groups in total. The van der Waals surface area contributed by atoms with Crippen molar-refractivity contribution in [1.82, 2.24) is 9.47 Å². The third kappa shape index (κ3) is 9.62. The molecule has 0 spiro atoms. The number of hydrogen-bond acceptors (Lipinski definition) is 7. The van der Waals surface area contributed by atoms with Gasteiger partial charge in [0.15, 0.2) is 0 Å². The minimum atomic E-state index is -1.04. The first-order valence-electron chi connectivity index (χ1n) is 16.5. The van der Waals surface area contributed by atoms with E-state index in [2.05, 4.69) is 5.32 Å². The topological polar surface area (TPSA) is 116 Å². The fourth-order valence-electron chi connectivity index (χ4n) is 5.23.